The molecule has 0 saturated heterocycles. The third kappa shape index (κ3) is 18.6. The number of carbonyl (C=O) groups excluding carboxylic acids is 1. The van der Waals surface area contributed by atoms with Gasteiger partial charge in [-0.25, -0.2) is 4.79 Å². The number of aliphatic hydroxyl groups excluding tert-OH is 2. The molecular weight excluding hydrogens is 673 g/mol. The summed E-state index contributed by atoms with van der Waals surface area (Å²) in [4.78, 5) is 14.7. The monoisotopic (exact) mass is 736 g/mol. The summed E-state index contributed by atoms with van der Waals surface area (Å²) in [7, 11) is -1.28. The van der Waals surface area contributed by atoms with Gasteiger partial charge in [-0.3, -0.25) is 9.47 Å². The Kier molecular flexibility index (Phi) is 18.5. The SMILES string of the molecule is CC(C)(C)OC(=O)N(CCCCCCOCCCCc1ccccc1)CC(O)c1ccc(OC(O[PH+]=O)(OC(C)(C)C)OC(C)(C)C)c(CO)c1. The molecule has 0 heterocycles. The Morgan fingerprint density at radius 1 is 0.804 bits per heavy atom. The normalized spacial score (nSPS) is 13.3. The summed E-state index contributed by atoms with van der Waals surface area (Å²) < 4.78 is 46.6. The van der Waals surface area contributed by atoms with Crippen LogP contribution in [-0.2, 0) is 41.1 Å². The molecule has 12 heteroatoms. The van der Waals surface area contributed by atoms with Crippen molar-refractivity contribution in [1.29, 1.82) is 0 Å². The molecule has 0 fully saturated rings. The van der Waals surface area contributed by atoms with E-state index in [0.717, 1.165) is 51.6 Å². The molecule has 0 aliphatic carbocycles. The molecule has 2 unspecified atom stereocenters. The smallest absolute Gasteiger partial charge is 0.444 e. The fourth-order valence-corrected chi connectivity index (χ4v) is 5.36. The number of ether oxygens (including phenoxy) is 5. The molecule has 11 nitrogen and oxygen atoms in total. The third-order valence-electron chi connectivity index (χ3n) is 7.26. The Morgan fingerprint density at radius 2 is 1.41 bits per heavy atom. The van der Waals surface area contributed by atoms with E-state index in [-0.39, 0.29) is 12.3 Å². The van der Waals surface area contributed by atoms with E-state index in [2.05, 4.69) is 24.3 Å². The molecular formula is C39H63NO10P+. The van der Waals surface area contributed by atoms with Crippen LogP contribution in [-0.4, -0.2) is 70.5 Å². The van der Waals surface area contributed by atoms with Crippen LogP contribution in [0.1, 0.15) is 124 Å². The van der Waals surface area contributed by atoms with Gasteiger partial charge in [0, 0.05) is 25.3 Å². The first kappa shape index (κ1) is 44.5. The Balaban J connectivity index is 2.01. The second kappa shape index (κ2) is 21.2. The van der Waals surface area contributed by atoms with Crippen LogP contribution in [0.25, 0.3) is 0 Å². The van der Waals surface area contributed by atoms with Crippen molar-refractivity contribution >= 4 is 14.8 Å². The summed E-state index contributed by atoms with van der Waals surface area (Å²) in [6, 6.07) is 15.2. The second-order valence-corrected chi connectivity index (χ2v) is 16.0. The number of rotatable bonds is 22. The van der Waals surface area contributed by atoms with Gasteiger partial charge in [-0.2, -0.15) is 0 Å². The summed E-state index contributed by atoms with van der Waals surface area (Å²) in [6.07, 6.45) is 2.95. The summed E-state index contributed by atoms with van der Waals surface area (Å²) >= 11 is 0. The Morgan fingerprint density at radius 3 is 1.98 bits per heavy atom. The number of hydrogen-bond acceptors (Lipinski definition) is 10. The zero-order chi connectivity index (χ0) is 38.1. The number of carbonyl (C=O) groups is 1. The van der Waals surface area contributed by atoms with Gasteiger partial charge in [0.15, 0.2) is 0 Å². The molecule has 1 amide bonds. The Bertz CT molecular complexity index is 1290. The van der Waals surface area contributed by atoms with Crippen molar-refractivity contribution in [3.05, 3.63) is 65.2 Å². The number of nitrogens with zero attached hydrogens (tertiary/aromatic N) is 1. The first-order chi connectivity index (χ1) is 23.9. The molecule has 0 aliphatic heterocycles. The number of amides is 1. The van der Waals surface area contributed by atoms with Crippen molar-refractivity contribution in [3.8, 4) is 5.75 Å². The van der Waals surface area contributed by atoms with Crippen molar-refractivity contribution in [3.63, 3.8) is 0 Å². The highest BCUT2D eigenvalue weighted by Crippen LogP contribution is 2.36. The molecule has 0 aromatic heterocycles. The molecule has 51 heavy (non-hydrogen) atoms. The van der Waals surface area contributed by atoms with Crippen LogP contribution in [0.5, 0.6) is 5.75 Å². The molecule has 0 saturated carbocycles. The molecule has 0 spiro atoms. The Hall–Kier alpha value is -2.63. The van der Waals surface area contributed by atoms with E-state index in [4.69, 9.17) is 28.2 Å². The van der Waals surface area contributed by atoms with Gasteiger partial charge >= 0.3 is 20.9 Å². The van der Waals surface area contributed by atoms with E-state index in [0.29, 0.717) is 24.3 Å². The molecule has 2 aromatic rings. The van der Waals surface area contributed by atoms with Gasteiger partial charge in [0.2, 0.25) is 0 Å². The number of aliphatic hydroxyl groups is 2. The van der Waals surface area contributed by atoms with Gasteiger partial charge in [0.25, 0.3) is 0 Å². The number of hydrogen-bond donors (Lipinski definition) is 2. The fourth-order valence-electron chi connectivity index (χ4n) is 5.13. The van der Waals surface area contributed by atoms with Crippen LogP contribution in [0.4, 0.5) is 4.79 Å². The van der Waals surface area contributed by atoms with Gasteiger partial charge in [-0.1, -0.05) is 49.2 Å². The maximum absolute atomic E-state index is 13.2. The van der Waals surface area contributed by atoms with Crippen LogP contribution in [0.3, 0.4) is 0 Å². The lowest BCUT2D eigenvalue weighted by molar-refractivity contribution is -0.478. The topological polar surface area (TPSA) is 133 Å². The number of aryl methyl sites for hydroxylation is 1. The van der Waals surface area contributed by atoms with Gasteiger partial charge < -0.3 is 29.3 Å². The molecule has 0 radical (unpaired) electrons. The van der Waals surface area contributed by atoms with Gasteiger partial charge in [0.05, 0.1) is 30.5 Å². The average Bonchev–Trinajstić information content (AvgIpc) is 3.01. The van der Waals surface area contributed by atoms with Crippen molar-refractivity contribution in [2.75, 3.05) is 26.3 Å². The molecule has 2 N–H and O–H groups in total. The van der Waals surface area contributed by atoms with Crippen molar-refractivity contribution in [2.45, 2.75) is 143 Å². The van der Waals surface area contributed by atoms with Crippen LogP contribution in [0, 0.1) is 0 Å². The van der Waals surface area contributed by atoms with Crippen LogP contribution in [0.2, 0.25) is 0 Å². The summed E-state index contributed by atoms with van der Waals surface area (Å²) in [6.45, 7) is 17.4. The first-order valence-corrected chi connectivity index (χ1v) is 18.8. The second-order valence-electron chi connectivity index (χ2n) is 15.7. The van der Waals surface area contributed by atoms with E-state index < -0.39 is 50.5 Å². The highest BCUT2D eigenvalue weighted by molar-refractivity contribution is 7.17. The quantitative estimate of drug-likeness (QED) is 0.0688. The lowest BCUT2D eigenvalue weighted by Gasteiger charge is -2.37. The number of benzene rings is 2. The van der Waals surface area contributed by atoms with Gasteiger partial charge in [-0.05, 0) is 127 Å². The molecule has 0 aliphatic rings. The highest BCUT2D eigenvalue weighted by atomic mass is 31.1. The predicted octanol–water partition coefficient (Wildman–Crippen LogP) is 8.63. The maximum atomic E-state index is 13.2. The maximum Gasteiger partial charge on any atom is 0.504 e. The summed E-state index contributed by atoms with van der Waals surface area (Å²) in [5.74, 6) is 0.139. The van der Waals surface area contributed by atoms with E-state index in [1.807, 2.05) is 6.07 Å². The van der Waals surface area contributed by atoms with Crippen molar-refractivity contribution < 1.29 is 47.8 Å². The van der Waals surface area contributed by atoms with E-state index in [1.54, 1.807) is 74.4 Å². The van der Waals surface area contributed by atoms with Gasteiger partial charge in [-0.15, -0.1) is 0 Å². The Labute approximate surface area is 307 Å². The molecule has 288 valence electrons. The summed E-state index contributed by atoms with van der Waals surface area (Å²) in [5.41, 5.74) is -0.264. The zero-order valence-electron chi connectivity index (χ0n) is 32.3. The first-order valence-electron chi connectivity index (χ1n) is 18.0. The molecule has 2 rings (SSSR count). The minimum atomic E-state index is -2.19. The highest BCUT2D eigenvalue weighted by Gasteiger charge is 2.49. The summed E-state index contributed by atoms with van der Waals surface area (Å²) in [5, 5.41) is 21.6. The lowest BCUT2D eigenvalue weighted by Crippen LogP contribution is -2.51. The zero-order valence-corrected chi connectivity index (χ0v) is 33.3. The van der Waals surface area contributed by atoms with E-state index in [1.165, 1.54) is 16.5 Å². The standard InChI is InChI=1S/C39H63NO10P/c1-36(2,3)47-35(43)40(24-16-10-11-17-25-45-26-18-15-21-30-19-13-12-14-20-30)28-33(42)31-22-23-34(32(27-31)29-41)46-39(50-51-44,48-37(4,5)6)49-38(7,8)9/h12-14,19-20,22-23,27,33,41-42,51H,10-11,15-18,21,24-26,28-29H2,1-9H3/q+1. The predicted molar refractivity (Wildman–Crippen MR) is 199 cm³/mol. The minimum absolute atomic E-state index is 0.0172. The molecule has 0 bridgehead atoms. The third-order valence-corrected chi connectivity index (χ3v) is 7.60. The molecule has 2 aromatic carbocycles. The average molecular weight is 737 g/mol. The minimum Gasteiger partial charge on any atom is -0.444 e. The van der Waals surface area contributed by atoms with Crippen LogP contribution >= 0.6 is 8.69 Å². The molecule has 2 atom stereocenters. The fraction of sp³-hybridized carbons (Fsp3) is 0.667. The van der Waals surface area contributed by atoms with Gasteiger partial charge in [0.1, 0.15) is 11.4 Å². The van der Waals surface area contributed by atoms with Crippen molar-refractivity contribution in [2.24, 2.45) is 0 Å². The van der Waals surface area contributed by atoms with E-state index >= 15 is 0 Å². The van der Waals surface area contributed by atoms with Crippen LogP contribution < -0.4 is 4.74 Å². The van der Waals surface area contributed by atoms with Crippen molar-refractivity contribution in [1.82, 2.24) is 4.90 Å². The number of unbranched alkanes of at least 4 members (excludes halogenated alkanes) is 4. The van der Waals surface area contributed by atoms with E-state index in [9.17, 15) is 19.6 Å². The lowest BCUT2D eigenvalue weighted by atomic mass is 10.0. The largest absolute Gasteiger partial charge is 0.504 e. The van der Waals surface area contributed by atoms with Crippen LogP contribution in [0.15, 0.2) is 48.5 Å².